The van der Waals surface area contributed by atoms with E-state index in [-0.39, 0.29) is 24.1 Å². The number of methoxy groups -OCH3 is 1. The fourth-order valence-electron chi connectivity index (χ4n) is 4.07. The van der Waals surface area contributed by atoms with E-state index in [4.69, 9.17) is 4.74 Å². The molecule has 31 heavy (non-hydrogen) atoms. The van der Waals surface area contributed by atoms with Crippen molar-refractivity contribution in [3.8, 4) is 17.0 Å². The first kappa shape index (κ1) is 23.0. The van der Waals surface area contributed by atoms with Gasteiger partial charge < -0.3 is 15.0 Å². The number of amides is 1. The second-order valence-corrected chi connectivity index (χ2v) is 8.72. The molecule has 7 heteroatoms. The number of aryl methyl sites for hydroxylation is 1. The second kappa shape index (κ2) is 10.6. The number of rotatable bonds is 8. The summed E-state index contributed by atoms with van der Waals surface area (Å²) in [6.45, 7) is 5.98. The fraction of sp³-hybridized carbons (Fsp3) is 0.542. The van der Waals surface area contributed by atoms with Crippen molar-refractivity contribution in [3.63, 3.8) is 0 Å². The van der Waals surface area contributed by atoms with Crippen LogP contribution < -0.4 is 15.6 Å². The number of benzene rings is 1. The highest BCUT2D eigenvalue weighted by atomic mass is 16.5. The molecule has 2 aromatic rings. The molecule has 1 aliphatic heterocycles. The smallest absolute Gasteiger partial charge is 0.273 e. The molecule has 1 aromatic heterocycles. The van der Waals surface area contributed by atoms with Gasteiger partial charge in [0.05, 0.1) is 19.0 Å². The Bertz CT molecular complexity index is 946. The van der Waals surface area contributed by atoms with Crippen LogP contribution in [0.5, 0.6) is 5.75 Å². The van der Waals surface area contributed by atoms with Gasteiger partial charge in [-0.05, 0) is 77.7 Å². The molecule has 1 amide bonds. The average molecular weight is 427 g/mol. The van der Waals surface area contributed by atoms with Gasteiger partial charge in [-0.2, -0.15) is 0 Å². The SMILES string of the molecule is COc1cccc(-c2cnc(CCC3CCN(C)CC3)c(=O)n2CC(=O)NC(C)C)c1. The van der Waals surface area contributed by atoms with E-state index in [1.807, 2.05) is 38.1 Å². The van der Waals surface area contributed by atoms with Crippen molar-refractivity contribution in [1.29, 1.82) is 0 Å². The highest BCUT2D eigenvalue weighted by Gasteiger charge is 2.19. The number of likely N-dealkylation sites (tertiary alicyclic amines) is 1. The Morgan fingerprint density at radius 3 is 2.71 bits per heavy atom. The molecule has 1 saturated heterocycles. The Morgan fingerprint density at radius 2 is 2.03 bits per heavy atom. The minimum atomic E-state index is -0.188. The number of ether oxygens (including phenoxy) is 1. The predicted octanol–water partition coefficient (Wildman–Crippen LogP) is 2.72. The van der Waals surface area contributed by atoms with Gasteiger partial charge in [0.1, 0.15) is 18.0 Å². The maximum atomic E-state index is 13.3. The zero-order valence-corrected chi connectivity index (χ0v) is 19.1. The number of hydrogen-bond acceptors (Lipinski definition) is 5. The van der Waals surface area contributed by atoms with E-state index in [0.29, 0.717) is 29.5 Å². The molecule has 0 radical (unpaired) electrons. The number of aromatic nitrogens is 2. The third kappa shape index (κ3) is 6.17. The summed E-state index contributed by atoms with van der Waals surface area (Å²) < 4.78 is 6.87. The molecular weight excluding hydrogens is 392 g/mol. The Labute approximate surface area is 184 Å². The number of nitrogens with zero attached hydrogens (tertiary/aromatic N) is 3. The monoisotopic (exact) mass is 426 g/mol. The molecule has 0 aliphatic carbocycles. The summed E-state index contributed by atoms with van der Waals surface area (Å²) in [7, 11) is 3.75. The summed E-state index contributed by atoms with van der Waals surface area (Å²) in [5, 5.41) is 2.88. The molecule has 0 saturated carbocycles. The minimum Gasteiger partial charge on any atom is -0.497 e. The van der Waals surface area contributed by atoms with Crippen LogP contribution >= 0.6 is 0 Å². The van der Waals surface area contributed by atoms with Crippen molar-refractivity contribution in [2.45, 2.75) is 52.1 Å². The summed E-state index contributed by atoms with van der Waals surface area (Å²) in [5.41, 5.74) is 1.75. The molecule has 168 valence electrons. The molecule has 1 aliphatic rings. The van der Waals surface area contributed by atoms with Crippen LogP contribution in [-0.2, 0) is 17.8 Å². The highest BCUT2D eigenvalue weighted by Crippen LogP contribution is 2.24. The van der Waals surface area contributed by atoms with E-state index in [1.165, 1.54) is 0 Å². The molecule has 0 unspecified atom stereocenters. The van der Waals surface area contributed by atoms with Gasteiger partial charge in [0.25, 0.3) is 5.56 Å². The lowest BCUT2D eigenvalue weighted by atomic mass is 9.92. The van der Waals surface area contributed by atoms with E-state index in [9.17, 15) is 9.59 Å². The van der Waals surface area contributed by atoms with Crippen LogP contribution in [0.1, 0.15) is 38.8 Å². The van der Waals surface area contributed by atoms with Gasteiger partial charge in [-0.3, -0.25) is 19.1 Å². The van der Waals surface area contributed by atoms with Gasteiger partial charge in [-0.15, -0.1) is 0 Å². The first-order chi connectivity index (χ1) is 14.9. The number of carbonyl (C=O) groups excluding carboxylic acids is 1. The first-order valence-electron chi connectivity index (χ1n) is 11.1. The Hall–Kier alpha value is -2.67. The molecule has 1 aromatic carbocycles. The summed E-state index contributed by atoms with van der Waals surface area (Å²) in [6, 6.07) is 7.47. The molecular formula is C24H34N4O3. The van der Waals surface area contributed by atoms with Gasteiger partial charge in [-0.25, -0.2) is 0 Å². The zero-order valence-electron chi connectivity index (χ0n) is 19.1. The lowest BCUT2D eigenvalue weighted by Crippen LogP contribution is -2.37. The van der Waals surface area contributed by atoms with Crippen LogP contribution in [0, 0.1) is 5.92 Å². The maximum Gasteiger partial charge on any atom is 0.273 e. The lowest BCUT2D eigenvalue weighted by molar-refractivity contribution is -0.122. The van der Waals surface area contributed by atoms with Crippen molar-refractivity contribution in [2.24, 2.45) is 5.92 Å². The maximum absolute atomic E-state index is 13.3. The first-order valence-corrected chi connectivity index (χ1v) is 11.1. The third-order valence-corrected chi connectivity index (χ3v) is 5.87. The normalized spacial score (nSPS) is 15.3. The minimum absolute atomic E-state index is 0.00853. The van der Waals surface area contributed by atoms with Crippen molar-refractivity contribution >= 4 is 5.91 Å². The standard InChI is InChI=1S/C24H34N4O3/c1-17(2)26-23(29)16-28-22(19-6-5-7-20(14-19)31-4)15-25-21(24(28)30)9-8-18-10-12-27(3)13-11-18/h5-7,14-15,17-18H,8-13,16H2,1-4H3,(H,26,29). The summed E-state index contributed by atoms with van der Waals surface area (Å²) in [4.78, 5) is 32.7. The molecule has 0 spiro atoms. The fourth-order valence-corrected chi connectivity index (χ4v) is 4.07. The number of carbonyl (C=O) groups is 1. The Kier molecular flexibility index (Phi) is 7.85. The number of nitrogens with one attached hydrogen (secondary N) is 1. The van der Waals surface area contributed by atoms with Crippen LogP contribution in [0.15, 0.2) is 35.3 Å². The Morgan fingerprint density at radius 1 is 1.29 bits per heavy atom. The van der Waals surface area contributed by atoms with Crippen LogP contribution in [-0.4, -0.2) is 53.6 Å². The van der Waals surface area contributed by atoms with Gasteiger partial charge >= 0.3 is 0 Å². The van der Waals surface area contributed by atoms with Gasteiger partial charge in [-0.1, -0.05) is 12.1 Å². The van der Waals surface area contributed by atoms with E-state index in [1.54, 1.807) is 17.9 Å². The molecule has 3 rings (SSSR count). The van der Waals surface area contributed by atoms with E-state index < -0.39 is 0 Å². The summed E-state index contributed by atoms with van der Waals surface area (Å²) >= 11 is 0. The lowest BCUT2D eigenvalue weighted by Gasteiger charge is -2.28. The quantitative estimate of drug-likeness (QED) is 0.702. The van der Waals surface area contributed by atoms with Gasteiger partial charge in [0, 0.05) is 11.6 Å². The number of hydrogen-bond donors (Lipinski definition) is 1. The molecule has 0 bridgehead atoms. The van der Waals surface area contributed by atoms with Crippen molar-refractivity contribution in [3.05, 3.63) is 46.5 Å². The second-order valence-electron chi connectivity index (χ2n) is 8.72. The molecule has 1 N–H and O–H groups in total. The topological polar surface area (TPSA) is 76.5 Å². The van der Waals surface area contributed by atoms with E-state index in [2.05, 4.69) is 22.2 Å². The molecule has 2 heterocycles. The van der Waals surface area contributed by atoms with E-state index >= 15 is 0 Å². The van der Waals surface area contributed by atoms with Crippen LogP contribution in [0.4, 0.5) is 0 Å². The highest BCUT2D eigenvalue weighted by molar-refractivity contribution is 5.77. The third-order valence-electron chi connectivity index (χ3n) is 5.87. The van der Waals surface area contributed by atoms with Crippen molar-refractivity contribution in [1.82, 2.24) is 19.8 Å². The van der Waals surface area contributed by atoms with Crippen LogP contribution in [0.3, 0.4) is 0 Å². The van der Waals surface area contributed by atoms with Crippen molar-refractivity contribution < 1.29 is 9.53 Å². The summed E-state index contributed by atoms with van der Waals surface area (Å²) in [5.74, 6) is 1.12. The molecule has 0 atom stereocenters. The van der Waals surface area contributed by atoms with Gasteiger partial charge in [0.2, 0.25) is 5.91 Å². The molecule has 7 nitrogen and oxygen atoms in total. The largest absolute Gasteiger partial charge is 0.497 e. The predicted molar refractivity (Wildman–Crippen MR) is 122 cm³/mol. The van der Waals surface area contributed by atoms with Gasteiger partial charge in [0.15, 0.2) is 0 Å². The zero-order chi connectivity index (χ0) is 22.4. The average Bonchev–Trinajstić information content (AvgIpc) is 2.75. The number of piperidine rings is 1. The Balaban J connectivity index is 1.88. The van der Waals surface area contributed by atoms with Crippen LogP contribution in [0.25, 0.3) is 11.3 Å². The summed E-state index contributed by atoms with van der Waals surface area (Å²) in [6.07, 6.45) is 5.61. The van der Waals surface area contributed by atoms with Crippen LogP contribution in [0.2, 0.25) is 0 Å². The van der Waals surface area contributed by atoms with Crippen molar-refractivity contribution in [2.75, 3.05) is 27.2 Å². The molecule has 1 fully saturated rings. The van der Waals surface area contributed by atoms with E-state index in [0.717, 1.165) is 37.9 Å².